The summed E-state index contributed by atoms with van der Waals surface area (Å²) in [7, 11) is 0. The number of halogens is 2. The van der Waals surface area contributed by atoms with Gasteiger partial charge in [-0.2, -0.15) is 0 Å². The van der Waals surface area contributed by atoms with Crippen molar-refractivity contribution < 1.29 is 14.7 Å². The van der Waals surface area contributed by atoms with Gasteiger partial charge in [-0.05, 0) is 48.7 Å². The molecule has 1 aliphatic heterocycles. The number of aliphatic hydroxyl groups excluding tert-OH is 1. The van der Waals surface area contributed by atoms with E-state index in [0.717, 1.165) is 16.7 Å². The van der Waals surface area contributed by atoms with Crippen molar-refractivity contribution in [1.29, 1.82) is 0 Å². The monoisotopic (exact) mass is 581 g/mol. The summed E-state index contributed by atoms with van der Waals surface area (Å²) in [5.41, 5.74) is 3.74. The topological polar surface area (TPSA) is 83.4 Å². The van der Waals surface area contributed by atoms with Crippen LogP contribution in [0.4, 0.5) is 5.13 Å². The molecule has 1 saturated heterocycles. The fourth-order valence-electron chi connectivity index (χ4n) is 4.24. The molecule has 1 fully saturated rings. The number of thioether (sulfide) groups is 1. The van der Waals surface area contributed by atoms with Crippen molar-refractivity contribution in [2.75, 3.05) is 4.90 Å². The Morgan fingerprint density at radius 2 is 1.76 bits per heavy atom. The van der Waals surface area contributed by atoms with Crippen molar-refractivity contribution in [3.05, 3.63) is 110 Å². The third-order valence-electron chi connectivity index (χ3n) is 6.16. The van der Waals surface area contributed by atoms with Crippen molar-refractivity contribution in [3.8, 4) is 0 Å². The van der Waals surface area contributed by atoms with E-state index in [4.69, 9.17) is 23.2 Å². The van der Waals surface area contributed by atoms with E-state index in [1.54, 1.807) is 24.3 Å². The van der Waals surface area contributed by atoms with E-state index in [1.165, 1.54) is 28.0 Å². The molecule has 0 bridgehead atoms. The molecule has 1 aliphatic rings. The third kappa shape index (κ3) is 5.09. The number of rotatable bonds is 6. The maximum Gasteiger partial charge on any atom is 0.301 e. The second-order valence-electron chi connectivity index (χ2n) is 8.79. The van der Waals surface area contributed by atoms with Gasteiger partial charge in [0.1, 0.15) is 5.76 Å². The van der Waals surface area contributed by atoms with Crippen LogP contribution in [0.25, 0.3) is 5.76 Å². The summed E-state index contributed by atoms with van der Waals surface area (Å²) >= 11 is 15.2. The lowest BCUT2D eigenvalue weighted by atomic mass is 9.93. The van der Waals surface area contributed by atoms with Crippen molar-refractivity contribution in [1.82, 2.24) is 10.2 Å². The molecule has 0 aliphatic carbocycles. The lowest BCUT2D eigenvalue weighted by molar-refractivity contribution is -0.132. The average Bonchev–Trinajstić information content (AvgIpc) is 3.48. The van der Waals surface area contributed by atoms with Crippen LogP contribution in [-0.4, -0.2) is 27.0 Å². The number of hydrogen-bond acceptors (Lipinski definition) is 7. The smallest absolute Gasteiger partial charge is 0.301 e. The summed E-state index contributed by atoms with van der Waals surface area (Å²) < 4.78 is 0.646. The van der Waals surface area contributed by atoms with Gasteiger partial charge in [0.05, 0.1) is 21.7 Å². The molecule has 1 aromatic heterocycles. The highest BCUT2D eigenvalue weighted by molar-refractivity contribution is 8.00. The van der Waals surface area contributed by atoms with Crippen molar-refractivity contribution in [2.24, 2.45) is 0 Å². The fraction of sp³-hybridized carbons (Fsp3) is 0.143. The Morgan fingerprint density at radius 3 is 2.50 bits per heavy atom. The zero-order valence-corrected chi connectivity index (χ0v) is 23.5. The van der Waals surface area contributed by atoms with Crippen molar-refractivity contribution >= 4 is 68.9 Å². The zero-order chi connectivity index (χ0) is 27.0. The van der Waals surface area contributed by atoms with Gasteiger partial charge < -0.3 is 5.11 Å². The highest BCUT2D eigenvalue weighted by Gasteiger charge is 2.48. The molecule has 10 heteroatoms. The molecule has 0 saturated carbocycles. The van der Waals surface area contributed by atoms with Gasteiger partial charge >= 0.3 is 5.91 Å². The number of ketones is 1. The minimum Gasteiger partial charge on any atom is -0.507 e. The molecule has 38 heavy (non-hydrogen) atoms. The number of aliphatic hydroxyl groups is 1. The first kappa shape index (κ1) is 26.4. The minimum atomic E-state index is -0.968. The Labute approximate surface area is 237 Å². The van der Waals surface area contributed by atoms with E-state index in [0.29, 0.717) is 26.2 Å². The minimum absolute atomic E-state index is 0.0456. The van der Waals surface area contributed by atoms with E-state index in [2.05, 4.69) is 10.2 Å². The van der Waals surface area contributed by atoms with E-state index in [1.807, 2.05) is 56.3 Å². The van der Waals surface area contributed by atoms with Crippen LogP contribution in [0.5, 0.6) is 0 Å². The number of nitrogens with zero attached hydrogens (tertiary/aromatic N) is 3. The summed E-state index contributed by atoms with van der Waals surface area (Å²) in [6, 6.07) is 19.4. The molecular formula is C28H21Cl2N3O3S2. The van der Waals surface area contributed by atoms with Crippen LogP contribution < -0.4 is 4.90 Å². The number of aryl methyl sites for hydroxylation is 2. The van der Waals surface area contributed by atoms with Crippen LogP contribution in [0.15, 0.2) is 76.6 Å². The molecule has 0 spiro atoms. The highest BCUT2D eigenvalue weighted by atomic mass is 35.5. The second-order valence-corrected chi connectivity index (χ2v) is 11.8. The second kappa shape index (κ2) is 10.9. The molecule has 6 nitrogen and oxygen atoms in total. The molecule has 1 amide bonds. The van der Waals surface area contributed by atoms with E-state index in [-0.39, 0.29) is 21.5 Å². The van der Waals surface area contributed by atoms with Gasteiger partial charge in [0.25, 0.3) is 5.78 Å². The molecule has 4 aromatic rings. The third-order valence-corrected chi connectivity index (χ3v) is 9.03. The molecular weight excluding hydrogens is 561 g/mol. The Morgan fingerprint density at radius 1 is 1.00 bits per heavy atom. The Kier molecular flexibility index (Phi) is 7.59. The molecule has 5 rings (SSSR count). The molecule has 1 unspecified atom stereocenters. The van der Waals surface area contributed by atoms with Crippen LogP contribution in [-0.2, 0) is 15.3 Å². The van der Waals surface area contributed by atoms with Gasteiger partial charge in [-0.15, -0.1) is 10.2 Å². The number of hydrogen-bond donors (Lipinski definition) is 1. The predicted octanol–water partition coefficient (Wildman–Crippen LogP) is 7.38. The number of aromatic nitrogens is 2. The number of benzene rings is 3. The number of carbonyl (C=O) groups excluding carboxylic acids is 2. The summed E-state index contributed by atoms with van der Waals surface area (Å²) in [6.07, 6.45) is 0. The Hall–Kier alpha value is -3.17. The number of carbonyl (C=O) groups is 2. The largest absolute Gasteiger partial charge is 0.507 e. The van der Waals surface area contributed by atoms with E-state index in [9.17, 15) is 14.7 Å². The molecule has 192 valence electrons. The van der Waals surface area contributed by atoms with Crippen LogP contribution in [0.1, 0.15) is 33.9 Å². The normalized spacial score (nSPS) is 16.8. The lowest BCUT2D eigenvalue weighted by Crippen LogP contribution is -2.29. The molecule has 0 radical (unpaired) electrons. The Balaban J connectivity index is 1.60. The molecule has 1 N–H and O–H groups in total. The van der Waals surface area contributed by atoms with Crippen molar-refractivity contribution in [2.45, 2.75) is 30.0 Å². The maximum absolute atomic E-state index is 13.4. The zero-order valence-electron chi connectivity index (χ0n) is 20.3. The van der Waals surface area contributed by atoms with E-state index < -0.39 is 17.7 Å². The van der Waals surface area contributed by atoms with Gasteiger partial charge in [-0.25, -0.2) is 0 Å². The van der Waals surface area contributed by atoms with Gasteiger partial charge in [0.15, 0.2) is 4.34 Å². The molecule has 1 atom stereocenters. The van der Waals surface area contributed by atoms with Gasteiger partial charge in [0.2, 0.25) is 5.13 Å². The first-order valence-electron chi connectivity index (χ1n) is 11.6. The maximum atomic E-state index is 13.4. The van der Waals surface area contributed by atoms with Crippen LogP contribution in [0.3, 0.4) is 0 Å². The number of Topliss-reactive ketones (excluding diaryl/α,β-unsaturated/α-hetero) is 1. The highest BCUT2D eigenvalue weighted by Crippen LogP contribution is 2.45. The number of anilines is 1. The fourth-order valence-corrected chi connectivity index (χ4v) is 6.37. The summed E-state index contributed by atoms with van der Waals surface area (Å²) in [5.74, 6) is -1.19. The predicted molar refractivity (Wildman–Crippen MR) is 153 cm³/mol. The SMILES string of the molecule is Cc1ccc(C)c(/C(O)=C2\C(=O)C(=O)N(c3nnc(SCc4ccccc4)s3)C2c2ccc(Cl)c(Cl)c2)c1. The summed E-state index contributed by atoms with van der Waals surface area (Å²) in [4.78, 5) is 28.1. The van der Waals surface area contributed by atoms with E-state index >= 15 is 0 Å². The lowest BCUT2D eigenvalue weighted by Gasteiger charge is -2.23. The first-order valence-corrected chi connectivity index (χ1v) is 14.1. The standard InChI is InChI=1S/C28H21Cl2N3O3S2/c1-15-8-9-16(2)19(12-15)24(34)22-23(18-10-11-20(29)21(30)13-18)33(26(36)25(22)35)27-31-32-28(38-27)37-14-17-6-4-3-5-7-17/h3-13,23,34H,14H2,1-2H3/b24-22+. The average molecular weight is 583 g/mol. The Bertz CT molecular complexity index is 1590. The van der Waals surface area contributed by atoms with Crippen LogP contribution in [0, 0.1) is 13.8 Å². The first-order chi connectivity index (χ1) is 18.2. The van der Waals surface area contributed by atoms with Crippen LogP contribution >= 0.6 is 46.3 Å². The van der Waals surface area contributed by atoms with Gasteiger partial charge in [0, 0.05) is 11.3 Å². The van der Waals surface area contributed by atoms with Crippen molar-refractivity contribution in [3.63, 3.8) is 0 Å². The van der Waals surface area contributed by atoms with Crippen LogP contribution in [0.2, 0.25) is 10.0 Å². The molecule has 2 heterocycles. The summed E-state index contributed by atoms with van der Waals surface area (Å²) in [6.45, 7) is 3.72. The quantitative estimate of drug-likeness (QED) is 0.0840. The number of amides is 1. The van der Waals surface area contributed by atoms with Gasteiger partial charge in [-0.3, -0.25) is 14.5 Å². The molecule has 3 aromatic carbocycles. The summed E-state index contributed by atoms with van der Waals surface area (Å²) in [5, 5.41) is 20.8. The van der Waals surface area contributed by atoms with Gasteiger partial charge in [-0.1, -0.05) is 100 Å².